The summed E-state index contributed by atoms with van der Waals surface area (Å²) in [7, 11) is 0. The molecule has 0 unspecified atom stereocenters. The third-order valence-electron chi connectivity index (χ3n) is 3.48. The molecule has 100 valence electrons. The zero-order valence-corrected chi connectivity index (χ0v) is 11.3. The molecule has 0 bridgehead atoms. The third-order valence-corrected chi connectivity index (χ3v) is 3.48. The molecule has 1 fully saturated rings. The minimum absolute atomic E-state index is 0.104. The maximum absolute atomic E-state index is 12.2. The lowest BCUT2D eigenvalue weighted by Crippen LogP contribution is -2.49. The van der Waals surface area contributed by atoms with Crippen molar-refractivity contribution in [2.45, 2.75) is 40.0 Å². The van der Waals surface area contributed by atoms with E-state index in [2.05, 4.69) is 26.1 Å². The van der Waals surface area contributed by atoms with Crippen molar-refractivity contribution >= 4 is 5.91 Å². The molecule has 4 heteroatoms. The van der Waals surface area contributed by atoms with Crippen LogP contribution in [0.3, 0.4) is 0 Å². The van der Waals surface area contributed by atoms with E-state index in [-0.39, 0.29) is 11.3 Å². The van der Waals surface area contributed by atoms with Crippen molar-refractivity contribution in [2.75, 3.05) is 26.3 Å². The van der Waals surface area contributed by atoms with Crippen LogP contribution >= 0.6 is 0 Å². The van der Waals surface area contributed by atoms with Gasteiger partial charge in [-0.2, -0.15) is 0 Å². The van der Waals surface area contributed by atoms with Gasteiger partial charge in [-0.25, -0.2) is 0 Å². The van der Waals surface area contributed by atoms with Gasteiger partial charge in [0.05, 0.1) is 5.41 Å². The van der Waals surface area contributed by atoms with Crippen LogP contribution in [-0.4, -0.2) is 32.2 Å². The molecule has 1 amide bonds. The lowest BCUT2D eigenvalue weighted by Gasteiger charge is -2.34. The monoisotopic (exact) mass is 242 g/mol. The van der Waals surface area contributed by atoms with Crippen LogP contribution in [0.15, 0.2) is 0 Å². The number of hydrogen-bond donors (Lipinski definition) is 2. The van der Waals surface area contributed by atoms with Crippen LogP contribution in [0.4, 0.5) is 0 Å². The fourth-order valence-electron chi connectivity index (χ4n) is 2.02. The zero-order chi connectivity index (χ0) is 12.9. The minimum atomic E-state index is -0.393. The van der Waals surface area contributed by atoms with Crippen LogP contribution in [0.25, 0.3) is 0 Å². The highest BCUT2D eigenvalue weighted by Gasteiger charge is 2.38. The zero-order valence-electron chi connectivity index (χ0n) is 11.3. The second-order valence-corrected chi connectivity index (χ2v) is 6.16. The second kappa shape index (κ2) is 5.83. The lowest BCUT2D eigenvalue weighted by molar-refractivity contribution is -0.135. The summed E-state index contributed by atoms with van der Waals surface area (Å²) in [5.41, 5.74) is 5.64. The molecular formula is C13H26N2O2. The summed E-state index contributed by atoms with van der Waals surface area (Å²) in [5, 5.41) is 3.03. The molecule has 17 heavy (non-hydrogen) atoms. The first-order chi connectivity index (χ1) is 7.90. The Labute approximate surface area is 104 Å². The van der Waals surface area contributed by atoms with Gasteiger partial charge < -0.3 is 15.8 Å². The summed E-state index contributed by atoms with van der Waals surface area (Å²) in [5.74, 6) is 0.104. The summed E-state index contributed by atoms with van der Waals surface area (Å²) in [6.45, 7) is 8.95. The number of nitrogens with two attached hydrogens (primary N) is 1. The van der Waals surface area contributed by atoms with Crippen molar-refractivity contribution in [3.8, 4) is 0 Å². The van der Waals surface area contributed by atoms with Crippen LogP contribution < -0.4 is 11.1 Å². The molecule has 0 aromatic carbocycles. The molecule has 0 radical (unpaired) electrons. The number of ether oxygens (including phenoxy) is 1. The average Bonchev–Trinajstić information content (AvgIpc) is 2.28. The number of carbonyl (C=O) groups is 1. The Hall–Kier alpha value is -0.610. The Morgan fingerprint density at radius 3 is 2.41 bits per heavy atom. The quantitative estimate of drug-likeness (QED) is 0.781. The van der Waals surface area contributed by atoms with E-state index in [9.17, 15) is 4.79 Å². The van der Waals surface area contributed by atoms with E-state index < -0.39 is 5.41 Å². The normalized spacial score (nSPS) is 20.0. The molecule has 3 N–H and O–H groups in total. The molecular weight excluding hydrogens is 216 g/mol. The Morgan fingerprint density at radius 1 is 1.35 bits per heavy atom. The molecule has 1 rings (SSSR count). The van der Waals surface area contributed by atoms with E-state index >= 15 is 0 Å². The first kappa shape index (κ1) is 14.5. The van der Waals surface area contributed by atoms with Gasteiger partial charge in [-0.3, -0.25) is 4.79 Å². The van der Waals surface area contributed by atoms with Crippen LogP contribution in [0, 0.1) is 10.8 Å². The number of hydrogen-bond acceptors (Lipinski definition) is 3. The van der Waals surface area contributed by atoms with Gasteiger partial charge in [0.25, 0.3) is 0 Å². The molecule has 0 spiro atoms. The van der Waals surface area contributed by atoms with Gasteiger partial charge in [0.15, 0.2) is 0 Å². The van der Waals surface area contributed by atoms with Crippen molar-refractivity contribution in [1.29, 1.82) is 0 Å². The van der Waals surface area contributed by atoms with E-state index in [1.54, 1.807) is 0 Å². The van der Waals surface area contributed by atoms with Crippen LogP contribution in [0.5, 0.6) is 0 Å². The molecule has 0 aromatic heterocycles. The summed E-state index contributed by atoms with van der Waals surface area (Å²) >= 11 is 0. The number of nitrogens with one attached hydrogen (secondary N) is 1. The topological polar surface area (TPSA) is 64.4 Å². The van der Waals surface area contributed by atoms with Crippen molar-refractivity contribution in [3.63, 3.8) is 0 Å². The molecule has 1 aliphatic rings. The van der Waals surface area contributed by atoms with Crippen molar-refractivity contribution in [3.05, 3.63) is 0 Å². The van der Waals surface area contributed by atoms with E-state index in [0.717, 1.165) is 25.8 Å². The van der Waals surface area contributed by atoms with Gasteiger partial charge in [-0.15, -0.1) is 0 Å². The lowest BCUT2D eigenvalue weighted by atomic mass is 9.79. The fourth-order valence-corrected chi connectivity index (χ4v) is 2.02. The van der Waals surface area contributed by atoms with Crippen molar-refractivity contribution in [2.24, 2.45) is 16.6 Å². The number of rotatable bonds is 4. The molecule has 1 heterocycles. The maximum Gasteiger partial charge on any atom is 0.227 e. The van der Waals surface area contributed by atoms with Crippen molar-refractivity contribution < 1.29 is 9.53 Å². The third kappa shape index (κ3) is 4.28. The van der Waals surface area contributed by atoms with Crippen LogP contribution in [0.1, 0.15) is 40.0 Å². The molecule has 1 saturated heterocycles. The Bertz CT molecular complexity index is 253. The van der Waals surface area contributed by atoms with Gasteiger partial charge in [-0.1, -0.05) is 20.8 Å². The second-order valence-electron chi connectivity index (χ2n) is 6.16. The standard InChI is InChI=1S/C13H26N2O2/c1-12(2,3)4-7-15-11(16)13(10-14)5-8-17-9-6-13/h4-10,14H2,1-3H3,(H,15,16). The van der Waals surface area contributed by atoms with E-state index in [1.807, 2.05) is 0 Å². The first-order valence-corrected chi connectivity index (χ1v) is 6.46. The summed E-state index contributed by atoms with van der Waals surface area (Å²) < 4.78 is 5.30. The number of carbonyl (C=O) groups excluding carboxylic acids is 1. The summed E-state index contributed by atoms with van der Waals surface area (Å²) in [6, 6.07) is 0. The fraction of sp³-hybridized carbons (Fsp3) is 0.923. The molecule has 1 aliphatic heterocycles. The van der Waals surface area contributed by atoms with Crippen LogP contribution in [0.2, 0.25) is 0 Å². The predicted octanol–water partition coefficient (Wildman–Crippen LogP) is 1.29. The molecule has 0 atom stereocenters. The van der Waals surface area contributed by atoms with E-state index in [1.165, 1.54) is 0 Å². The SMILES string of the molecule is CC(C)(C)CCNC(=O)C1(CN)CCOCC1. The summed E-state index contributed by atoms with van der Waals surface area (Å²) in [6.07, 6.45) is 2.46. The van der Waals surface area contributed by atoms with Gasteiger partial charge in [0.2, 0.25) is 5.91 Å². The van der Waals surface area contributed by atoms with Gasteiger partial charge in [-0.05, 0) is 24.7 Å². The molecule has 0 saturated carbocycles. The van der Waals surface area contributed by atoms with Crippen molar-refractivity contribution in [1.82, 2.24) is 5.32 Å². The smallest absolute Gasteiger partial charge is 0.227 e. The largest absolute Gasteiger partial charge is 0.381 e. The van der Waals surface area contributed by atoms with E-state index in [4.69, 9.17) is 10.5 Å². The highest BCUT2D eigenvalue weighted by Crippen LogP contribution is 2.29. The summed E-state index contributed by atoms with van der Waals surface area (Å²) in [4.78, 5) is 12.2. The van der Waals surface area contributed by atoms with E-state index in [0.29, 0.717) is 19.8 Å². The predicted molar refractivity (Wildman–Crippen MR) is 68.6 cm³/mol. The Balaban J connectivity index is 2.44. The molecule has 0 aliphatic carbocycles. The average molecular weight is 242 g/mol. The maximum atomic E-state index is 12.2. The Morgan fingerprint density at radius 2 is 1.94 bits per heavy atom. The molecule has 4 nitrogen and oxygen atoms in total. The first-order valence-electron chi connectivity index (χ1n) is 6.46. The Kier molecular flexibility index (Phi) is 4.95. The van der Waals surface area contributed by atoms with Gasteiger partial charge in [0.1, 0.15) is 0 Å². The van der Waals surface area contributed by atoms with Gasteiger partial charge in [0, 0.05) is 26.3 Å². The van der Waals surface area contributed by atoms with Gasteiger partial charge >= 0.3 is 0 Å². The highest BCUT2D eigenvalue weighted by molar-refractivity contribution is 5.83. The number of amides is 1. The highest BCUT2D eigenvalue weighted by atomic mass is 16.5. The molecule has 0 aromatic rings. The minimum Gasteiger partial charge on any atom is -0.381 e. The van der Waals surface area contributed by atoms with Crippen LogP contribution in [-0.2, 0) is 9.53 Å².